The van der Waals surface area contributed by atoms with Crippen molar-refractivity contribution in [2.45, 2.75) is 6.32 Å². The third kappa shape index (κ3) is 5.50. The number of allylic oxidation sites excluding steroid dienone is 1. The highest BCUT2D eigenvalue weighted by molar-refractivity contribution is 6.58. The van der Waals surface area contributed by atoms with Gasteiger partial charge in [0.25, 0.3) is 0 Å². The normalized spacial score (nSPS) is 11.1. The number of hydrogen-bond donors (Lipinski definition) is 0. The van der Waals surface area contributed by atoms with Gasteiger partial charge in [-0.3, -0.25) is 0 Å². The van der Waals surface area contributed by atoms with Crippen molar-refractivity contribution in [3.05, 3.63) is 12.7 Å². The standard InChI is InChI=1S/C3H4BF3/c1-2-3-4(5,6)7/h1-2H,3H2. The lowest BCUT2D eigenvalue weighted by Gasteiger charge is -2.05. The van der Waals surface area contributed by atoms with E-state index in [1.165, 1.54) is 0 Å². The fourth-order valence-electron chi connectivity index (χ4n) is 0.154. The number of halogens is 3. The Bertz CT molecular complexity index is 65.1. The molecule has 0 saturated carbocycles. The van der Waals surface area contributed by atoms with Gasteiger partial charge in [0.15, 0.2) is 6.58 Å². The second kappa shape index (κ2) is 1.98. The Morgan fingerprint density at radius 3 is 1.86 bits per heavy atom. The minimum atomic E-state index is -4.67. The van der Waals surface area contributed by atoms with Crippen molar-refractivity contribution >= 4 is 6.98 Å². The zero-order chi connectivity index (χ0) is 5.91. The van der Waals surface area contributed by atoms with Crippen molar-refractivity contribution in [2.24, 2.45) is 0 Å². The summed E-state index contributed by atoms with van der Waals surface area (Å²) in [5.74, 6) is 0. The van der Waals surface area contributed by atoms with E-state index in [2.05, 4.69) is 6.58 Å². The number of hydrogen-bond acceptors (Lipinski definition) is 0. The van der Waals surface area contributed by atoms with Gasteiger partial charge < -0.3 is 12.9 Å². The van der Waals surface area contributed by atoms with Gasteiger partial charge in [-0.2, -0.15) is 0 Å². The van der Waals surface area contributed by atoms with Crippen LogP contribution in [0.4, 0.5) is 12.9 Å². The fraction of sp³-hybridized carbons (Fsp3) is 0.333. The van der Waals surface area contributed by atoms with E-state index in [1.807, 2.05) is 0 Å². The van der Waals surface area contributed by atoms with Crippen LogP contribution in [0, 0.1) is 6.58 Å². The van der Waals surface area contributed by atoms with Crippen LogP contribution in [0.25, 0.3) is 0 Å². The molecule has 0 heterocycles. The molecular weight excluding hydrogens is 104 g/mol. The van der Waals surface area contributed by atoms with Crippen molar-refractivity contribution in [3.63, 3.8) is 0 Å². The van der Waals surface area contributed by atoms with Gasteiger partial charge in [-0.1, -0.05) is 0 Å². The van der Waals surface area contributed by atoms with Crippen molar-refractivity contribution in [3.8, 4) is 0 Å². The van der Waals surface area contributed by atoms with E-state index in [0.717, 1.165) is 0 Å². The highest BCUT2D eigenvalue weighted by atomic mass is 19.4. The summed E-state index contributed by atoms with van der Waals surface area (Å²) >= 11 is 0. The molecule has 7 heavy (non-hydrogen) atoms. The van der Waals surface area contributed by atoms with E-state index in [1.54, 1.807) is 0 Å². The van der Waals surface area contributed by atoms with Crippen LogP contribution in [0.3, 0.4) is 0 Å². The van der Waals surface area contributed by atoms with E-state index in [-0.39, 0.29) is 0 Å². The van der Waals surface area contributed by atoms with E-state index in [9.17, 15) is 12.9 Å². The summed E-state index contributed by atoms with van der Waals surface area (Å²) in [5, 5.41) is 0. The second-order valence-corrected chi connectivity index (χ2v) is 1.18. The molecule has 0 aromatic carbocycles. The molecule has 40 valence electrons. The quantitative estimate of drug-likeness (QED) is 0.373. The van der Waals surface area contributed by atoms with E-state index in [0.29, 0.717) is 6.08 Å². The van der Waals surface area contributed by atoms with Gasteiger partial charge in [0.2, 0.25) is 0 Å². The van der Waals surface area contributed by atoms with Crippen molar-refractivity contribution in [1.82, 2.24) is 0 Å². The Hall–Kier alpha value is -0.495. The average Bonchev–Trinajstić information content (AvgIpc) is 1.30. The summed E-state index contributed by atoms with van der Waals surface area (Å²) < 4.78 is 33.0. The molecule has 0 amide bonds. The van der Waals surface area contributed by atoms with Crippen LogP contribution in [0.1, 0.15) is 0 Å². The minimum absolute atomic E-state index is 0.611. The Labute approximate surface area is 40.1 Å². The van der Waals surface area contributed by atoms with Crippen molar-refractivity contribution in [2.75, 3.05) is 0 Å². The lowest BCUT2D eigenvalue weighted by atomic mass is 9.87. The molecule has 0 aliphatic heterocycles. The summed E-state index contributed by atoms with van der Waals surface area (Å²) in [4.78, 5) is 0. The van der Waals surface area contributed by atoms with E-state index in [4.69, 9.17) is 0 Å². The molecule has 0 aromatic rings. The minimum Gasteiger partial charge on any atom is -0.449 e. The van der Waals surface area contributed by atoms with Crippen molar-refractivity contribution in [1.29, 1.82) is 0 Å². The Balaban J connectivity index is 3.34. The predicted octanol–water partition coefficient (Wildman–Crippen LogP) is 1.82. The van der Waals surface area contributed by atoms with Crippen LogP contribution >= 0.6 is 0 Å². The third-order valence-electron chi connectivity index (χ3n) is 0.403. The fourth-order valence-corrected chi connectivity index (χ4v) is 0.154. The molecule has 0 radical (unpaired) electrons. The van der Waals surface area contributed by atoms with Gasteiger partial charge in [-0.25, -0.2) is 0 Å². The molecule has 0 aromatic heterocycles. The molecule has 0 atom stereocenters. The molecule has 0 aliphatic carbocycles. The molecule has 0 aliphatic rings. The highest BCUT2D eigenvalue weighted by Crippen LogP contribution is 2.13. The largest absolute Gasteiger partial charge is 0.486 e. The van der Waals surface area contributed by atoms with Gasteiger partial charge in [0, 0.05) is 0 Å². The van der Waals surface area contributed by atoms with Crippen molar-refractivity contribution < 1.29 is 12.9 Å². The van der Waals surface area contributed by atoms with E-state index >= 15 is 0 Å². The first-order valence-corrected chi connectivity index (χ1v) is 1.80. The zero-order valence-electron chi connectivity index (χ0n) is 3.57. The topological polar surface area (TPSA) is 0 Å². The first-order chi connectivity index (χ1) is 3.06. The summed E-state index contributed by atoms with van der Waals surface area (Å²) in [7, 11) is 0. The molecule has 0 N–H and O–H groups in total. The molecule has 0 fully saturated rings. The number of rotatable bonds is 2. The first-order valence-electron chi connectivity index (χ1n) is 1.80. The molecule has 0 bridgehead atoms. The van der Waals surface area contributed by atoms with Crippen LogP contribution in [0.2, 0.25) is 6.32 Å². The van der Waals surface area contributed by atoms with Gasteiger partial charge in [0.05, 0.1) is 0 Å². The van der Waals surface area contributed by atoms with Gasteiger partial charge >= 0.3 is 6.98 Å². The smallest absolute Gasteiger partial charge is 0.449 e. The maximum atomic E-state index is 11.0. The monoisotopic (exact) mass is 108 g/mol. The molecule has 0 nitrogen and oxygen atoms in total. The Morgan fingerprint density at radius 1 is 1.43 bits per heavy atom. The van der Waals surface area contributed by atoms with Crippen LogP contribution in [-0.4, -0.2) is 6.98 Å². The Morgan fingerprint density at radius 2 is 1.86 bits per heavy atom. The zero-order valence-corrected chi connectivity index (χ0v) is 3.57. The highest BCUT2D eigenvalue weighted by Gasteiger charge is 2.21. The molecule has 0 rings (SSSR count). The Kier molecular flexibility index (Phi) is 1.84. The van der Waals surface area contributed by atoms with Gasteiger partial charge in [-0.05, 0) is 6.32 Å². The molecule has 0 spiro atoms. The lowest BCUT2D eigenvalue weighted by Crippen LogP contribution is -2.11. The predicted molar refractivity (Wildman–Crippen MR) is 22.8 cm³/mol. The van der Waals surface area contributed by atoms with Crippen LogP contribution < -0.4 is 0 Å². The molecule has 0 saturated heterocycles. The average molecular weight is 108 g/mol. The first kappa shape index (κ1) is 6.50. The third-order valence-corrected chi connectivity index (χ3v) is 0.403. The maximum absolute atomic E-state index is 11.0. The van der Waals surface area contributed by atoms with Crippen LogP contribution in [0.5, 0.6) is 0 Å². The maximum Gasteiger partial charge on any atom is 0.486 e. The molecule has 0 unspecified atom stereocenters. The van der Waals surface area contributed by atoms with Crippen LogP contribution in [-0.2, 0) is 0 Å². The summed E-state index contributed by atoms with van der Waals surface area (Å²) in [6, 6.07) is 0. The van der Waals surface area contributed by atoms with Gasteiger partial charge in [-0.15, -0.1) is 0 Å². The second-order valence-electron chi connectivity index (χ2n) is 1.18. The van der Waals surface area contributed by atoms with Crippen LogP contribution in [0.15, 0.2) is 6.08 Å². The molecule has 4 heteroatoms. The lowest BCUT2D eigenvalue weighted by molar-refractivity contribution is 0.478. The molecular formula is C3H4BF3. The van der Waals surface area contributed by atoms with Gasteiger partial charge in [0.1, 0.15) is 6.08 Å². The summed E-state index contributed by atoms with van der Waals surface area (Å²) in [6.45, 7) is -0.188. The SMILES string of the molecule is [CH+]=CC[B-](F)(F)F. The summed E-state index contributed by atoms with van der Waals surface area (Å²) in [5.41, 5.74) is 0. The summed E-state index contributed by atoms with van der Waals surface area (Å²) in [6.07, 6.45) is -0.333. The van der Waals surface area contributed by atoms with E-state index < -0.39 is 13.3 Å².